The first-order valence-electron chi connectivity index (χ1n) is 8.24. The van der Waals surface area contributed by atoms with E-state index in [9.17, 15) is 0 Å². The van der Waals surface area contributed by atoms with Crippen molar-refractivity contribution in [3.8, 4) is 11.5 Å². The van der Waals surface area contributed by atoms with Crippen LogP contribution in [-0.2, 0) is 0 Å². The summed E-state index contributed by atoms with van der Waals surface area (Å²) in [6, 6.07) is 15.1. The Hall–Kier alpha value is 3.80. The Kier molecular flexibility index (Phi) is 9.87. The molecule has 176 valence electrons. The molecule has 0 saturated heterocycles. The molecule has 32 heavy (non-hydrogen) atoms. The van der Waals surface area contributed by atoms with Crippen LogP contribution in [-0.4, -0.2) is 22.0 Å². The van der Waals surface area contributed by atoms with Gasteiger partial charge in [0.25, 0.3) is 0 Å². The van der Waals surface area contributed by atoms with E-state index in [-0.39, 0.29) is 0 Å². The van der Waals surface area contributed by atoms with Crippen molar-refractivity contribution < 1.29 is 9.47 Å². The van der Waals surface area contributed by atoms with Crippen molar-refractivity contribution in [2.45, 2.75) is 22.0 Å². The Morgan fingerprint density at radius 2 is 0.938 bits per heavy atom. The number of benzene rings is 2. The summed E-state index contributed by atoms with van der Waals surface area (Å²) >= 11 is 45.8. The summed E-state index contributed by atoms with van der Waals surface area (Å²) in [5.74, 6) is 1.22. The van der Waals surface area contributed by atoms with Crippen molar-refractivity contribution in [3.63, 3.8) is 0 Å². The number of halogens is 12. The van der Waals surface area contributed by atoms with Gasteiger partial charge in [-0.15, -0.1) is 0 Å². The third-order valence-electron chi connectivity index (χ3n) is 4.57. The van der Waals surface area contributed by atoms with Gasteiger partial charge in [0.2, 0.25) is 9.02 Å². The maximum atomic E-state index is 6.66. The average molecular weight is 1220 g/mol. The summed E-state index contributed by atoms with van der Waals surface area (Å²) in [5.41, 5.74) is 0. The van der Waals surface area contributed by atoms with Crippen molar-refractivity contribution in [2.75, 3.05) is 0 Å². The quantitative estimate of drug-likeness (QED) is 0.284. The maximum absolute atomic E-state index is 6.66. The lowest BCUT2D eigenvalue weighted by molar-refractivity contribution is 0.0499. The predicted molar refractivity (Wildman–Crippen MR) is 175 cm³/mol. The molecule has 0 aromatic heterocycles. The summed E-state index contributed by atoms with van der Waals surface area (Å²) < 4.78 is 8.04. The molecule has 0 N–H and O–H groups in total. The minimum atomic E-state index is -1.24. The van der Waals surface area contributed by atoms with E-state index >= 15 is 0 Å². The van der Waals surface area contributed by atoms with Gasteiger partial charge in [-0.1, -0.05) is 152 Å². The molecule has 0 spiro atoms. The molecule has 0 amide bonds. The molecule has 1 aliphatic carbocycles. The molecule has 0 radical (unpaired) electrons. The summed E-state index contributed by atoms with van der Waals surface area (Å²) in [5, 5.41) is 0. The second kappa shape index (κ2) is 10.4. The van der Waals surface area contributed by atoms with Gasteiger partial charge >= 0.3 is 0 Å². The zero-order valence-corrected chi connectivity index (χ0v) is 34.0. The predicted octanol–water partition coefficient (Wildman–Crippen LogP) is 11.8. The molecule has 2 nitrogen and oxygen atoms in total. The van der Waals surface area contributed by atoms with Gasteiger partial charge in [-0.05, 0) is 88.0 Å². The lowest BCUT2D eigenvalue weighted by atomic mass is 9.92. The van der Waals surface area contributed by atoms with Crippen molar-refractivity contribution in [1.82, 2.24) is 0 Å². The molecule has 2 aromatic carbocycles. The third-order valence-corrected chi connectivity index (χ3v) is 27.0. The van der Waals surface area contributed by atoms with Crippen LogP contribution in [0.5, 0.6) is 11.5 Å². The highest BCUT2D eigenvalue weighted by Crippen LogP contribution is 2.80. The third kappa shape index (κ3) is 4.51. The Morgan fingerprint density at radius 1 is 0.500 bits per heavy atom. The van der Waals surface area contributed by atoms with Gasteiger partial charge in [0.05, 0.1) is 4.47 Å². The van der Waals surface area contributed by atoms with Gasteiger partial charge in [0.1, 0.15) is 11.5 Å². The summed E-state index contributed by atoms with van der Waals surface area (Å²) in [6.45, 7) is 0. The Morgan fingerprint density at radius 3 is 1.41 bits per heavy atom. The molecule has 2 aromatic rings. The molecule has 0 atom stereocenters. The minimum Gasteiger partial charge on any atom is -0.471 e. The maximum Gasteiger partial charge on any atom is 0.217 e. The van der Waals surface area contributed by atoms with E-state index in [4.69, 9.17) is 9.47 Å². The standard InChI is InChI=1S/C18H8Br12O2/c19-10-7-4-8-11(12(10)20)32-18(30)15(25,26)13(21,22)17(29,14(23,24)16(18,27)28)31-9-5-2-1-3-6-9/h1-8H. The van der Waals surface area contributed by atoms with Crippen molar-refractivity contribution >= 4 is 191 Å². The van der Waals surface area contributed by atoms with Crippen LogP contribution in [0.15, 0.2) is 57.5 Å². The van der Waals surface area contributed by atoms with E-state index in [1.807, 2.05) is 48.5 Å². The molecular weight excluding hydrogens is 1210 g/mol. The summed E-state index contributed by atoms with van der Waals surface area (Å²) in [4.78, 5) is 0. The van der Waals surface area contributed by atoms with Crippen molar-refractivity contribution in [3.05, 3.63) is 57.5 Å². The molecule has 1 fully saturated rings. The van der Waals surface area contributed by atoms with E-state index in [0.29, 0.717) is 11.5 Å². The molecule has 0 bridgehead atoms. The zero-order valence-electron chi connectivity index (χ0n) is 15.0. The lowest BCUT2D eigenvalue weighted by Gasteiger charge is -2.65. The number of para-hydroxylation sites is 1. The Labute approximate surface area is 286 Å². The molecule has 0 heterocycles. The highest BCUT2D eigenvalue weighted by atomic mass is 79.9. The Bertz CT molecular complexity index is 980. The smallest absolute Gasteiger partial charge is 0.217 e. The lowest BCUT2D eigenvalue weighted by Crippen LogP contribution is -2.82. The van der Waals surface area contributed by atoms with E-state index in [1.54, 1.807) is 0 Å². The van der Waals surface area contributed by atoms with E-state index in [2.05, 4.69) is 191 Å². The van der Waals surface area contributed by atoms with Crippen LogP contribution in [0.1, 0.15) is 0 Å². The van der Waals surface area contributed by atoms with E-state index in [1.165, 1.54) is 0 Å². The van der Waals surface area contributed by atoms with E-state index < -0.39 is 22.0 Å². The average Bonchev–Trinajstić information content (AvgIpc) is 2.70. The monoisotopic (exact) mass is 1200 g/mol. The topological polar surface area (TPSA) is 18.5 Å². The second-order valence-corrected chi connectivity index (χ2v) is 24.2. The first-order valence-corrected chi connectivity index (χ1v) is 17.8. The number of hydrogen-bond acceptors (Lipinski definition) is 2. The highest BCUT2D eigenvalue weighted by Gasteiger charge is 2.88. The first-order chi connectivity index (χ1) is 14.5. The fraction of sp³-hybridized carbons (Fsp3) is 0.333. The second-order valence-electron chi connectivity index (χ2n) is 6.56. The fourth-order valence-electron chi connectivity index (χ4n) is 2.82. The van der Waals surface area contributed by atoms with Gasteiger partial charge < -0.3 is 9.47 Å². The van der Waals surface area contributed by atoms with Crippen LogP contribution in [0.2, 0.25) is 0 Å². The van der Waals surface area contributed by atoms with Crippen LogP contribution in [0, 0.1) is 0 Å². The zero-order chi connectivity index (χ0) is 24.4. The van der Waals surface area contributed by atoms with Crippen LogP contribution in [0.25, 0.3) is 0 Å². The van der Waals surface area contributed by atoms with Crippen molar-refractivity contribution in [1.29, 1.82) is 0 Å². The van der Waals surface area contributed by atoms with Gasteiger partial charge in [0.15, 0.2) is 12.9 Å². The van der Waals surface area contributed by atoms with Gasteiger partial charge in [-0.2, -0.15) is 0 Å². The summed E-state index contributed by atoms with van der Waals surface area (Å²) in [7, 11) is 0. The fourth-order valence-corrected chi connectivity index (χ4v) is 14.6. The Balaban J connectivity index is 2.23. The molecule has 0 unspecified atom stereocenters. The number of ether oxygens (including phenoxy) is 2. The number of alkyl halides is 10. The molecule has 1 aliphatic rings. The molecule has 14 heteroatoms. The molecule has 1 saturated carbocycles. The minimum absolute atomic E-state index is 0.584. The van der Waals surface area contributed by atoms with E-state index in [0.717, 1.165) is 8.95 Å². The molecular formula is C18H8Br12O2. The molecule has 0 aliphatic heterocycles. The highest BCUT2D eigenvalue weighted by molar-refractivity contribution is 9.33. The van der Waals surface area contributed by atoms with Gasteiger partial charge in [-0.3, -0.25) is 0 Å². The van der Waals surface area contributed by atoms with Crippen LogP contribution in [0.4, 0.5) is 0 Å². The summed E-state index contributed by atoms with van der Waals surface area (Å²) in [6.07, 6.45) is 0. The van der Waals surface area contributed by atoms with Crippen LogP contribution < -0.4 is 9.47 Å². The SMILES string of the molecule is Brc1cccc(OC2(Br)C(Br)(Br)C(Br)(Br)C(Br)(Oc3ccccc3)C(Br)(Br)C2(Br)Br)c1Br. The van der Waals surface area contributed by atoms with Gasteiger partial charge in [0, 0.05) is 4.47 Å². The molecule has 3 rings (SSSR count). The number of rotatable bonds is 4. The van der Waals surface area contributed by atoms with Crippen molar-refractivity contribution in [2.24, 2.45) is 0 Å². The normalized spacial score (nSPS) is 29.9. The van der Waals surface area contributed by atoms with Gasteiger partial charge in [-0.25, -0.2) is 0 Å². The first kappa shape index (κ1) is 30.3. The van der Waals surface area contributed by atoms with Crippen LogP contribution >= 0.6 is 191 Å². The largest absolute Gasteiger partial charge is 0.471 e. The van der Waals surface area contributed by atoms with Crippen LogP contribution in [0.3, 0.4) is 0 Å². The number of hydrogen-bond donors (Lipinski definition) is 0.